The van der Waals surface area contributed by atoms with Crippen LogP contribution in [0.25, 0.3) is 0 Å². The molecule has 4 nitrogen and oxygen atoms in total. The third kappa shape index (κ3) is 3.89. The zero-order chi connectivity index (χ0) is 16.4. The first-order valence-corrected chi connectivity index (χ1v) is 7.78. The molecule has 2 aromatic carbocycles. The van der Waals surface area contributed by atoms with Crippen molar-refractivity contribution in [2.24, 2.45) is 0 Å². The van der Waals surface area contributed by atoms with Gasteiger partial charge in [-0.3, -0.25) is 4.79 Å². The molecule has 0 aliphatic carbocycles. The lowest BCUT2D eigenvalue weighted by Gasteiger charge is -2.28. The molecule has 3 rings (SSSR count). The molecule has 24 heavy (non-hydrogen) atoms. The number of para-hydroxylation sites is 2. The van der Waals surface area contributed by atoms with E-state index in [4.69, 9.17) is 9.47 Å². The summed E-state index contributed by atoms with van der Waals surface area (Å²) in [6.07, 6.45) is 0. The summed E-state index contributed by atoms with van der Waals surface area (Å²) >= 11 is 0. The standard InChI is InChI=1S/C19H22NO3.ClH/c1-20(2,3)12-13-22-19(21)18-14-8-4-6-10-16(14)23-17-11-7-5-9-15(17)18;/h4-11,18H,12-13H2,1-3H3;1H/q+1;/p-1. The first-order chi connectivity index (χ1) is 11.0. The van der Waals surface area contributed by atoms with Gasteiger partial charge in [-0.1, -0.05) is 36.4 Å². The number of carbonyl (C=O) groups excluding carboxylic acids is 1. The van der Waals surface area contributed by atoms with E-state index in [9.17, 15) is 4.79 Å². The lowest BCUT2D eigenvalue weighted by atomic mass is 9.88. The number of esters is 1. The number of hydrogen-bond acceptors (Lipinski definition) is 3. The normalized spacial score (nSPS) is 13.1. The Balaban J connectivity index is 0.00000208. The highest BCUT2D eigenvalue weighted by Gasteiger charge is 2.33. The minimum Gasteiger partial charge on any atom is -1.00 e. The lowest BCUT2D eigenvalue weighted by molar-refractivity contribution is -0.870. The van der Waals surface area contributed by atoms with Crippen LogP contribution in [0.5, 0.6) is 11.5 Å². The average molecular weight is 348 g/mol. The maximum atomic E-state index is 12.7. The molecule has 0 atom stereocenters. The second kappa shape index (κ2) is 7.24. The van der Waals surface area contributed by atoms with Crippen LogP contribution in [-0.2, 0) is 9.53 Å². The first kappa shape index (κ1) is 18.3. The molecule has 1 heterocycles. The summed E-state index contributed by atoms with van der Waals surface area (Å²) in [7, 11) is 6.23. The highest BCUT2D eigenvalue weighted by molar-refractivity contribution is 5.85. The molecule has 0 N–H and O–H groups in total. The van der Waals surface area contributed by atoms with Gasteiger partial charge in [-0.15, -0.1) is 0 Å². The summed E-state index contributed by atoms with van der Waals surface area (Å²) in [5, 5.41) is 0. The second-order valence-corrected chi connectivity index (χ2v) is 6.79. The van der Waals surface area contributed by atoms with E-state index < -0.39 is 5.92 Å². The highest BCUT2D eigenvalue weighted by Crippen LogP contribution is 2.44. The summed E-state index contributed by atoms with van der Waals surface area (Å²) in [6, 6.07) is 15.3. The number of rotatable bonds is 4. The Hall–Kier alpha value is -2.04. The van der Waals surface area contributed by atoms with Crippen LogP contribution < -0.4 is 17.1 Å². The molecule has 0 fully saturated rings. The van der Waals surface area contributed by atoms with Crippen molar-refractivity contribution in [1.29, 1.82) is 0 Å². The zero-order valence-corrected chi connectivity index (χ0v) is 14.9. The molecule has 0 unspecified atom stereocenters. The van der Waals surface area contributed by atoms with E-state index >= 15 is 0 Å². The van der Waals surface area contributed by atoms with E-state index in [0.717, 1.165) is 33.7 Å². The third-order valence-corrected chi connectivity index (χ3v) is 3.92. The highest BCUT2D eigenvalue weighted by atomic mass is 35.5. The van der Waals surface area contributed by atoms with Gasteiger partial charge in [-0.25, -0.2) is 0 Å². The summed E-state index contributed by atoms with van der Waals surface area (Å²) in [6.45, 7) is 1.18. The number of likely N-dealkylation sites (N-methyl/N-ethyl adjacent to an activating group) is 1. The minimum absolute atomic E-state index is 0. The summed E-state index contributed by atoms with van der Waals surface area (Å²) in [5.74, 6) is 0.796. The Labute approximate surface area is 149 Å². The molecule has 0 saturated carbocycles. The molecule has 2 aromatic rings. The number of carbonyl (C=O) groups is 1. The Morgan fingerprint density at radius 3 is 2.00 bits per heavy atom. The number of quaternary nitrogens is 1. The lowest BCUT2D eigenvalue weighted by Crippen LogP contribution is -3.00. The van der Waals surface area contributed by atoms with Crippen LogP contribution in [0.3, 0.4) is 0 Å². The van der Waals surface area contributed by atoms with Gasteiger partial charge in [0.05, 0.1) is 21.1 Å². The van der Waals surface area contributed by atoms with Gasteiger partial charge in [0.15, 0.2) is 0 Å². The van der Waals surface area contributed by atoms with Gasteiger partial charge in [0.25, 0.3) is 0 Å². The molecule has 0 saturated heterocycles. The van der Waals surface area contributed by atoms with Gasteiger partial charge >= 0.3 is 5.97 Å². The Bertz CT molecular complexity index is 679. The molecule has 128 valence electrons. The zero-order valence-electron chi connectivity index (χ0n) is 14.2. The molecule has 0 amide bonds. The molecule has 5 heteroatoms. The van der Waals surface area contributed by atoms with Crippen LogP contribution in [0.4, 0.5) is 0 Å². The van der Waals surface area contributed by atoms with E-state index in [1.807, 2.05) is 48.5 Å². The maximum absolute atomic E-state index is 12.7. The van der Waals surface area contributed by atoms with Crippen LogP contribution in [0.15, 0.2) is 48.5 Å². The number of fused-ring (bicyclic) bond motifs is 2. The number of benzene rings is 2. The van der Waals surface area contributed by atoms with Gasteiger partial charge in [-0.05, 0) is 12.1 Å². The van der Waals surface area contributed by atoms with Gasteiger partial charge in [0.2, 0.25) is 0 Å². The van der Waals surface area contributed by atoms with Crippen molar-refractivity contribution in [1.82, 2.24) is 0 Å². The quantitative estimate of drug-likeness (QED) is 0.584. The van der Waals surface area contributed by atoms with E-state index in [0.29, 0.717) is 6.61 Å². The van der Waals surface area contributed by atoms with Gasteiger partial charge in [-0.2, -0.15) is 0 Å². The summed E-state index contributed by atoms with van der Waals surface area (Å²) in [5.41, 5.74) is 1.72. The van der Waals surface area contributed by atoms with Gasteiger partial charge < -0.3 is 26.4 Å². The smallest absolute Gasteiger partial charge is 0.318 e. The van der Waals surface area contributed by atoms with E-state index in [1.165, 1.54) is 0 Å². The van der Waals surface area contributed by atoms with Crippen LogP contribution in [0.2, 0.25) is 0 Å². The number of halogens is 1. The summed E-state index contributed by atoms with van der Waals surface area (Å²) in [4.78, 5) is 12.7. The number of hydrogen-bond donors (Lipinski definition) is 0. The molecule has 1 aliphatic heterocycles. The number of ether oxygens (including phenoxy) is 2. The summed E-state index contributed by atoms with van der Waals surface area (Å²) < 4.78 is 12.2. The average Bonchev–Trinajstić information content (AvgIpc) is 2.51. The molecule has 0 spiro atoms. The predicted octanol–water partition coefficient (Wildman–Crippen LogP) is 0.178. The Kier molecular flexibility index (Phi) is 5.52. The third-order valence-electron chi connectivity index (χ3n) is 3.92. The van der Waals surface area contributed by atoms with Crippen LogP contribution in [0, 0.1) is 0 Å². The van der Waals surface area contributed by atoms with Gasteiger partial charge in [0, 0.05) is 11.1 Å². The number of nitrogens with zero attached hydrogens (tertiary/aromatic N) is 1. The fourth-order valence-electron chi connectivity index (χ4n) is 2.67. The van der Waals surface area contributed by atoms with Crippen molar-refractivity contribution in [3.8, 4) is 11.5 Å². The Morgan fingerprint density at radius 1 is 1.00 bits per heavy atom. The molecular weight excluding hydrogens is 326 g/mol. The Morgan fingerprint density at radius 2 is 1.50 bits per heavy atom. The molecule has 0 radical (unpaired) electrons. The van der Waals surface area contributed by atoms with Crippen molar-refractivity contribution in [2.45, 2.75) is 5.92 Å². The SMILES string of the molecule is C[N+](C)(C)CCOC(=O)C1c2ccccc2Oc2ccccc21.[Cl-]. The second-order valence-electron chi connectivity index (χ2n) is 6.79. The molecule has 0 aromatic heterocycles. The van der Waals surface area contributed by atoms with E-state index in [-0.39, 0.29) is 18.4 Å². The van der Waals surface area contributed by atoms with Crippen LogP contribution in [0.1, 0.15) is 17.0 Å². The molecule has 1 aliphatic rings. The monoisotopic (exact) mass is 347 g/mol. The molecule has 0 bridgehead atoms. The fraction of sp³-hybridized carbons (Fsp3) is 0.316. The maximum Gasteiger partial charge on any atom is 0.318 e. The molecular formula is C19H22ClNO3. The van der Waals surface area contributed by atoms with Crippen molar-refractivity contribution in [3.05, 3.63) is 59.7 Å². The van der Waals surface area contributed by atoms with Gasteiger partial charge in [0.1, 0.15) is 30.6 Å². The van der Waals surface area contributed by atoms with Crippen molar-refractivity contribution in [2.75, 3.05) is 34.3 Å². The van der Waals surface area contributed by atoms with Crippen molar-refractivity contribution >= 4 is 5.97 Å². The fourth-order valence-corrected chi connectivity index (χ4v) is 2.67. The van der Waals surface area contributed by atoms with Crippen molar-refractivity contribution in [3.63, 3.8) is 0 Å². The van der Waals surface area contributed by atoms with Crippen molar-refractivity contribution < 1.29 is 31.2 Å². The van der Waals surface area contributed by atoms with E-state index in [2.05, 4.69) is 21.1 Å². The van der Waals surface area contributed by atoms with E-state index in [1.54, 1.807) is 0 Å². The topological polar surface area (TPSA) is 35.5 Å². The predicted molar refractivity (Wildman–Crippen MR) is 88.7 cm³/mol. The van der Waals surface area contributed by atoms with Crippen LogP contribution >= 0.6 is 0 Å². The van der Waals surface area contributed by atoms with Crippen LogP contribution in [-0.4, -0.2) is 44.7 Å². The largest absolute Gasteiger partial charge is 1.00 e. The first-order valence-electron chi connectivity index (χ1n) is 7.78. The minimum atomic E-state index is -0.427.